The summed E-state index contributed by atoms with van der Waals surface area (Å²) in [6.45, 7) is 2.36. The van der Waals surface area contributed by atoms with Crippen LogP contribution >= 0.6 is 12.4 Å². The number of nitriles is 1. The lowest BCUT2D eigenvalue weighted by atomic mass is 10.3. The number of rotatable bonds is 8. The second kappa shape index (κ2) is 13.2. The highest BCUT2D eigenvalue weighted by atomic mass is 35.5. The second-order valence-corrected chi connectivity index (χ2v) is 2.92. The summed E-state index contributed by atoms with van der Waals surface area (Å²) < 4.78 is 0. The van der Waals surface area contributed by atoms with Gasteiger partial charge in [-0.25, -0.2) is 0 Å². The molecule has 0 spiro atoms. The molecule has 0 atom stereocenters. The van der Waals surface area contributed by atoms with Crippen molar-refractivity contribution in [2.24, 2.45) is 5.73 Å². The number of hydrogen-bond donors (Lipinski definition) is 3. The summed E-state index contributed by atoms with van der Waals surface area (Å²) in [6, 6.07) is 2.06. The van der Waals surface area contributed by atoms with Crippen LogP contribution in [0.5, 0.6) is 0 Å². The monoisotopic (exact) mass is 234 g/mol. The Morgan fingerprint density at radius 2 is 1.93 bits per heavy atom. The summed E-state index contributed by atoms with van der Waals surface area (Å²) in [6.07, 6.45) is 2.48. The minimum Gasteiger partial charge on any atom is -0.355 e. The zero-order chi connectivity index (χ0) is 10.6. The van der Waals surface area contributed by atoms with Crippen LogP contribution in [0.3, 0.4) is 0 Å². The quantitative estimate of drug-likeness (QED) is 0.506. The molecule has 0 fully saturated rings. The first kappa shape index (κ1) is 16.6. The molecule has 5 nitrogen and oxygen atoms in total. The van der Waals surface area contributed by atoms with Gasteiger partial charge in [-0.15, -0.1) is 12.4 Å². The van der Waals surface area contributed by atoms with Crippen molar-refractivity contribution in [1.82, 2.24) is 10.6 Å². The SMILES string of the molecule is Cl.N#CCCNCCCCNC(=O)CN. The van der Waals surface area contributed by atoms with Gasteiger partial charge in [-0.2, -0.15) is 5.26 Å². The Balaban J connectivity index is 0. The van der Waals surface area contributed by atoms with E-state index in [2.05, 4.69) is 16.7 Å². The molecule has 0 rings (SSSR count). The number of halogens is 1. The Morgan fingerprint density at radius 1 is 1.27 bits per heavy atom. The summed E-state index contributed by atoms with van der Waals surface area (Å²) in [5.41, 5.74) is 5.11. The molecule has 0 aliphatic rings. The summed E-state index contributed by atoms with van der Waals surface area (Å²) in [5, 5.41) is 14.1. The fourth-order valence-corrected chi connectivity index (χ4v) is 0.944. The van der Waals surface area contributed by atoms with Gasteiger partial charge in [0.1, 0.15) is 0 Å². The molecule has 0 aliphatic carbocycles. The van der Waals surface area contributed by atoms with Crippen LogP contribution in [0.15, 0.2) is 0 Å². The van der Waals surface area contributed by atoms with E-state index in [0.29, 0.717) is 13.0 Å². The maximum absolute atomic E-state index is 10.7. The first-order valence-electron chi connectivity index (χ1n) is 4.85. The van der Waals surface area contributed by atoms with Crippen LogP contribution in [-0.2, 0) is 4.79 Å². The lowest BCUT2D eigenvalue weighted by Crippen LogP contribution is -2.31. The molecule has 0 bridgehead atoms. The molecule has 0 aromatic rings. The molecule has 6 heteroatoms. The van der Waals surface area contributed by atoms with E-state index in [0.717, 1.165) is 25.9 Å². The van der Waals surface area contributed by atoms with Crippen LogP contribution in [0.2, 0.25) is 0 Å². The number of nitrogens with two attached hydrogens (primary N) is 1. The smallest absolute Gasteiger partial charge is 0.233 e. The highest BCUT2D eigenvalue weighted by molar-refractivity contribution is 5.85. The topological polar surface area (TPSA) is 90.9 Å². The van der Waals surface area contributed by atoms with E-state index in [4.69, 9.17) is 11.0 Å². The van der Waals surface area contributed by atoms with Gasteiger partial charge in [0, 0.05) is 19.5 Å². The predicted octanol–water partition coefficient (Wildman–Crippen LogP) is -0.233. The number of nitrogens with zero attached hydrogens (tertiary/aromatic N) is 1. The molecule has 1 amide bonds. The molecule has 0 saturated heterocycles. The van der Waals surface area contributed by atoms with Gasteiger partial charge in [0.25, 0.3) is 0 Å². The Labute approximate surface area is 96.8 Å². The summed E-state index contributed by atoms with van der Waals surface area (Å²) in [4.78, 5) is 10.7. The van der Waals surface area contributed by atoms with Crippen molar-refractivity contribution in [1.29, 1.82) is 5.26 Å². The van der Waals surface area contributed by atoms with E-state index in [-0.39, 0.29) is 24.9 Å². The summed E-state index contributed by atoms with van der Waals surface area (Å²) >= 11 is 0. The molecule has 0 saturated carbocycles. The minimum atomic E-state index is -0.109. The van der Waals surface area contributed by atoms with Gasteiger partial charge < -0.3 is 16.4 Å². The van der Waals surface area contributed by atoms with E-state index in [1.54, 1.807) is 0 Å². The van der Waals surface area contributed by atoms with E-state index < -0.39 is 0 Å². The molecule has 0 radical (unpaired) electrons. The number of nitrogens with one attached hydrogen (secondary N) is 2. The Bertz CT molecular complexity index is 193. The van der Waals surface area contributed by atoms with Gasteiger partial charge in [-0.3, -0.25) is 4.79 Å². The molecule has 0 aliphatic heterocycles. The van der Waals surface area contributed by atoms with Gasteiger partial charge in [0.15, 0.2) is 0 Å². The third-order valence-electron chi connectivity index (χ3n) is 1.70. The van der Waals surface area contributed by atoms with Crippen molar-refractivity contribution in [2.45, 2.75) is 19.3 Å². The van der Waals surface area contributed by atoms with Gasteiger partial charge in [0.05, 0.1) is 12.6 Å². The molecular weight excluding hydrogens is 216 g/mol. The largest absolute Gasteiger partial charge is 0.355 e. The van der Waals surface area contributed by atoms with E-state index in [1.165, 1.54) is 0 Å². The average molecular weight is 235 g/mol. The van der Waals surface area contributed by atoms with Crippen molar-refractivity contribution in [2.75, 3.05) is 26.2 Å². The molecule has 0 unspecified atom stereocenters. The number of carbonyl (C=O) groups excluding carboxylic acids is 1. The first-order chi connectivity index (χ1) is 6.81. The summed E-state index contributed by atoms with van der Waals surface area (Å²) in [5.74, 6) is -0.109. The number of hydrogen-bond acceptors (Lipinski definition) is 4. The van der Waals surface area contributed by atoms with Gasteiger partial charge in [-0.1, -0.05) is 0 Å². The van der Waals surface area contributed by atoms with Crippen molar-refractivity contribution in [3.63, 3.8) is 0 Å². The van der Waals surface area contributed by atoms with Gasteiger partial charge in [-0.05, 0) is 19.4 Å². The predicted molar refractivity (Wildman–Crippen MR) is 61.6 cm³/mol. The van der Waals surface area contributed by atoms with Crippen LogP contribution in [0.25, 0.3) is 0 Å². The van der Waals surface area contributed by atoms with Crippen molar-refractivity contribution in [3.8, 4) is 6.07 Å². The molecule has 15 heavy (non-hydrogen) atoms. The van der Waals surface area contributed by atoms with Crippen molar-refractivity contribution >= 4 is 18.3 Å². The van der Waals surface area contributed by atoms with Crippen molar-refractivity contribution < 1.29 is 4.79 Å². The Kier molecular flexibility index (Phi) is 14.6. The highest BCUT2D eigenvalue weighted by Gasteiger charge is 1.94. The molecule has 4 N–H and O–H groups in total. The third-order valence-corrected chi connectivity index (χ3v) is 1.70. The van der Waals surface area contributed by atoms with Crippen LogP contribution < -0.4 is 16.4 Å². The lowest BCUT2D eigenvalue weighted by molar-refractivity contribution is -0.119. The summed E-state index contributed by atoms with van der Waals surface area (Å²) in [7, 11) is 0. The van der Waals surface area contributed by atoms with Crippen LogP contribution in [0, 0.1) is 11.3 Å². The average Bonchev–Trinajstić information content (AvgIpc) is 2.21. The Hall–Kier alpha value is -0.830. The van der Waals surface area contributed by atoms with Crippen LogP contribution in [0.1, 0.15) is 19.3 Å². The first-order valence-corrected chi connectivity index (χ1v) is 4.85. The van der Waals surface area contributed by atoms with Crippen LogP contribution in [0.4, 0.5) is 0 Å². The Morgan fingerprint density at radius 3 is 2.53 bits per heavy atom. The van der Waals surface area contributed by atoms with Gasteiger partial charge >= 0.3 is 0 Å². The standard InChI is InChI=1S/C9H18N4O.ClH/c10-4-3-6-12-5-1-2-7-13-9(14)8-11;/h12H,1-3,5-8,11H2,(H,13,14);1H. The number of amides is 1. The third kappa shape index (κ3) is 13.2. The van der Waals surface area contributed by atoms with E-state index in [1.807, 2.05) is 0 Å². The fourth-order valence-electron chi connectivity index (χ4n) is 0.944. The molecular formula is C9H19ClN4O. The second-order valence-electron chi connectivity index (χ2n) is 2.92. The fraction of sp³-hybridized carbons (Fsp3) is 0.778. The maximum atomic E-state index is 10.7. The number of unbranched alkanes of at least 4 members (excludes halogenated alkanes) is 1. The minimum absolute atomic E-state index is 0. The molecule has 0 aromatic heterocycles. The van der Waals surface area contributed by atoms with Crippen LogP contribution in [-0.4, -0.2) is 32.1 Å². The van der Waals surface area contributed by atoms with E-state index >= 15 is 0 Å². The van der Waals surface area contributed by atoms with E-state index in [9.17, 15) is 4.79 Å². The molecule has 0 heterocycles. The van der Waals surface area contributed by atoms with Crippen molar-refractivity contribution in [3.05, 3.63) is 0 Å². The number of carbonyl (C=O) groups is 1. The highest BCUT2D eigenvalue weighted by Crippen LogP contribution is 1.84. The molecule has 88 valence electrons. The normalized spacial score (nSPS) is 8.80. The zero-order valence-corrected chi connectivity index (χ0v) is 9.61. The van der Waals surface area contributed by atoms with Gasteiger partial charge in [0.2, 0.25) is 5.91 Å². The maximum Gasteiger partial charge on any atom is 0.233 e. The lowest BCUT2D eigenvalue weighted by Gasteiger charge is -2.03. The zero-order valence-electron chi connectivity index (χ0n) is 8.79. The molecule has 0 aromatic carbocycles.